The maximum atomic E-state index is 5.50. The van der Waals surface area contributed by atoms with Crippen molar-refractivity contribution in [3.8, 4) is 5.88 Å². The van der Waals surface area contributed by atoms with Gasteiger partial charge in [-0.3, -0.25) is 0 Å². The van der Waals surface area contributed by atoms with Crippen molar-refractivity contribution < 1.29 is 4.74 Å². The van der Waals surface area contributed by atoms with Crippen molar-refractivity contribution in [1.29, 1.82) is 0 Å². The summed E-state index contributed by atoms with van der Waals surface area (Å²) in [6.07, 6.45) is 1.40. The fraction of sp³-hybridized carbons (Fsp3) is 0.600. The lowest BCUT2D eigenvalue weighted by Gasteiger charge is -2.17. The molecule has 2 N–H and O–H groups in total. The molecule has 0 amide bonds. The summed E-state index contributed by atoms with van der Waals surface area (Å²) in [7, 11) is 0. The van der Waals surface area contributed by atoms with Gasteiger partial charge in [0, 0.05) is 12.6 Å². The first kappa shape index (κ1) is 11.7. The molecular formula is C10H18N4O. The highest BCUT2D eigenvalue weighted by Gasteiger charge is 2.00. The first-order valence-electron chi connectivity index (χ1n) is 5.19. The third-order valence-electron chi connectivity index (χ3n) is 2.22. The fourth-order valence-electron chi connectivity index (χ4n) is 1.25. The quantitative estimate of drug-likeness (QED) is 0.751. The van der Waals surface area contributed by atoms with E-state index >= 15 is 0 Å². The van der Waals surface area contributed by atoms with Crippen LogP contribution in [0.1, 0.15) is 13.8 Å². The van der Waals surface area contributed by atoms with Crippen LogP contribution < -0.4 is 10.5 Å². The van der Waals surface area contributed by atoms with Crippen LogP contribution in [-0.2, 0) is 0 Å². The molecule has 0 saturated heterocycles. The maximum absolute atomic E-state index is 5.50. The number of anilines is 1. The second-order valence-electron chi connectivity index (χ2n) is 3.16. The lowest BCUT2D eigenvalue weighted by Crippen LogP contribution is -2.28. The Morgan fingerprint density at radius 1 is 1.33 bits per heavy atom. The first-order valence-corrected chi connectivity index (χ1v) is 5.19. The molecule has 0 saturated carbocycles. The van der Waals surface area contributed by atoms with Crippen LogP contribution in [-0.4, -0.2) is 41.1 Å². The molecule has 0 spiro atoms. The molecule has 0 unspecified atom stereocenters. The zero-order valence-electron chi connectivity index (χ0n) is 9.31. The van der Waals surface area contributed by atoms with Crippen LogP contribution >= 0.6 is 0 Å². The average molecular weight is 210 g/mol. The van der Waals surface area contributed by atoms with Gasteiger partial charge in [0.15, 0.2) is 0 Å². The molecule has 0 bridgehead atoms. The summed E-state index contributed by atoms with van der Waals surface area (Å²) in [6, 6.07) is 1.63. The Morgan fingerprint density at radius 3 is 2.67 bits per heavy atom. The van der Waals surface area contributed by atoms with Crippen LogP contribution in [0, 0.1) is 0 Å². The van der Waals surface area contributed by atoms with Crippen LogP contribution in [0.4, 0.5) is 5.82 Å². The van der Waals surface area contributed by atoms with Gasteiger partial charge in [0.2, 0.25) is 5.88 Å². The molecule has 1 heterocycles. The van der Waals surface area contributed by atoms with E-state index in [1.807, 2.05) is 0 Å². The highest BCUT2D eigenvalue weighted by atomic mass is 16.5. The molecule has 0 aromatic carbocycles. The van der Waals surface area contributed by atoms with Crippen LogP contribution in [0.3, 0.4) is 0 Å². The third-order valence-corrected chi connectivity index (χ3v) is 2.22. The lowest BCUT2D eigenvalue weighted by molar-refractivity contribution is 0.218. The Balaban J connectivity index is 2.31. The number of ether oxygens (including phenoxy) is 1. The van der Waals surface area contributed by atoms with Gasteiger partial charge in [-0.25, -0.2) is 9.97 Å². The number of hydrogen-bond donors (Lipinski definition) is 1. The smallest absolute Gasteiger partial charge is 0.218 e. The topological polar surface area (TPSA) is 64.3 Å². The summed E-state index contributed by atoms with van der Waals surface area (Å²) in [6.45, 7) is 7.85. The number of rotatable bonds is 6. The maximum Gasteiger partial charge on any atom is 0.218 e. The minimum Gasteiger partial charge on any atom is -0.476 e. The monoisotopic (exact) mass is 210 g/mol. The average Bonchev–Trinajstić information content (AvgIpc) is 2.25. The predicted octanol–water partition coefficient (Wildman–Crippen LogP) is 0.779. The minimum absolute atomic E-state index is 0.433. The number of hydrogen-bond acceptors (Lipinski definition) is 5. The lowest BCUT2D eigenvalue weighted by atomic mass is 10.5. The molecule has 15 heavy (non-hydrogen) atoms. The number of nitrogens with two attached hydrogens (primary N) is 1. The largest absolute Gasteiger partial charge is 0.476 e. The van der Waals surface area contributed by atoms with E-state index in [1.54, 1.807) is 6.07 Å². The molecule has 0 aliphatic heterocycles. The molecule has 1 rings (SSSR count). The molecule has 0 aliphatic carbocycles. The highest BCUT2D eigenvalue weighted by molar-refractivity contribution is 5.30. The number of nitrogens with zero attached hydrogens (tertiary/aromatic N) is 3. The van der Waals surface area contributed by atoms with Gasteiger partial charge in [-0.05, 0) is 13.1 Å². The summed E-state index contributed by atoms with van der Waals surface area (Å²) in [5.41, 5.74) is 5.50. The van der Waals surface area contributed by atoms with E-state index in [-0.39, 0.29) is 0 Å². The fourth-order valence-corrected chi connectivity index (χ4v) is 1.25. The zero-order chi connectivity index (χ0) is 11.1. The van der Waals surface area contributed by atoms with Crippen molar-refractivity contribution in [2.75, 3.05) is 32.0 Å². The molecule has 1 aromatic heterocycles. The number of nitrogen functional groups attached to an aromatic ring is 1. The van der Waals surface area contributed by atoms with E-state index in [0.717, 1.165) is 19.6 Å². The Labute approximate surface area is 90.3 Å². The van der Waals surface area contributed by atoms with E-state index in [4.69, 9.17) is 10.5 Å². The van der Waals surface area contributed by atoms with Crippen molar-refractivity contribution >= 4 is 5.82 Å². The van der Waals surface area contributed by atoms with Crippen molar-refractivity contribution in [2.24, 2.45) is 0 Å². The summed E-state index contributed by atoms with van der Waals surface area (Å²) in [4.78, 5) is 10.0. The van der Waals surface area contributed by atoms with Crippen LogP contribution in [0.15, 0.2) is 12.4 Å². The van der Waals surface area contributed by atoms with Crippen molar-refractivity contribution in [3.63, 3.8) is 0 Å². The Kier molecular flexibility index (Phi) is 4.83. The van der Waals surface area contributed by atoms with E-state index in [2.05, 4.69) is 28.7 Å². The number of aromatic nitrogens is 2. The van der Waals surface area contributed by atoms with Crippen molar-refractivity contribution in [1.82, 2.24) is 14.9 Å². The Hall–Kier alpha value is -1.36. The van der Waals surface area contributed by atoms with Gasteiger partial charge < -0.3 is 15.4 Å². The van der Waals surface area contributed by atoms with Crippen molar-refractivity contribution in [3.05, 3.63) is 12.4 Å². The minimum atomic E-state index is 0.433. The molecule has 0 radical (unpaired) electrons. The van der Waals surface area contributed by atoms with Gasteiger partial charge >= 0.3 is 0 Å². The normalized spacial score (nSPS) is 10.6. The third kappa shape index (κ3) is 4.12. The van der Waals surface area contributed by atoms with Gasteiger partial charge in [-0.1, -0.05) is 13.8 Å². The molecule has 0 fully saturated rings. The molecule has 0 aliphatic rings. The van der Waals surface area contributed by atoms with E-state index in [1.165, 1.54) is 6.33 Å². The van der Waals surface area contributed by atoms with Gasteiger partial charge in [0.25, 0.3) is 0 Å². The zero-order valence-corrected chi connectivity index (χ0v) is 9.31. The van der Waals surface area contributed by atoms with Crippen molar-refractivity contribution in [2.45, 2.75) is 13.8 Å². The Morgan fingerprint density at radius 2 is 2.07 bits per heavy atom. The number of likely N-dealkylation sites (N-methyl/N-ethyl adjacent to an activating group) is 1. The summed E-state index contributed by atoms with van der Waals surface area (Å²) >= 11 is 0. The highest BCUT2D eigenvalue weighted by Crippen LogP contribution is 2.07. The van der Waals surface area contributed by atoms with Crippen LogP contribution in [0.25, 0.3) is 0 Å². The molecular weight excluding hydrogens is 192 g/mol. The van der Waals surface area contributed by atoms with Crippen LogP contribution in [0.2, 0.25) is 0 Å². The van der Waals surface area contributed by atoms with E-state index in [9.17, 15) is 0 Å². The van der Waals surface area contributed by atoms with Crippen LogP contribution in [0.5, 0.6) is 5.88 Å². The molecule has 5 nitrogen and oxygen atoms in total. The van der Waals surface area contributed by atoms with E-state index in [0.29, 0.717) is 18.3 Å². The van der Waals surface area contributed by atoms with Gasteiger partial charge in [0.1, 0.15) is 18.8 Å². The second-order valence-corrected chi connectivity index (χ2v) is 3.16. The first-order chi connectivity index (χ1) is 7.26. The molecule has 5 heteroatoms. The van der Waals surface area contributed by atoms with Gasteiger partial charge in [-0.2, -0.15) is 0 Å². The molecule has 84 valence electrons. The standard InChI is InChI=1S/C10H18N4O/c1-3-14(4-2)5-6-15-10-7-9(11)12-8-13-10/h7-8H,3-6H2,1-2H3,(H2,11,12,13). The van der Waals surface area contributed by atoms with Gasteiger partial charge in [-0.15, -0.1) is 0 Å². The van der Waals surface area contributed by atoms with Gasteiger partial charge in [0.05, 0.1) is 0 Å². The summed E-state index contributed by atoms with van der Waals surface area (Å²) in [5, 5.41) is 0. The summed E-state index contributed by atoms with van der Waals surface area (Å²) in [5.74, 6) is 0.970. The predicted molar refractivity (Wildman–Crippen MR) is 59.7 cm³/mol. The Bertz CT molecular complexity index is 289. The second kappa shape index (κ2) is 6.19. The molecule has 1 aromatic rings. The van der Waals surface area contributed by atoms with E-state index < -0.39 is 0 Å². The SMILES string of the molecule is CCN(CC)CCOc1cc(N)ncn1. The summed E-state index contributed by atoms with van der Waals surface area (Å²) < 4.78 is 5.45. The molecule has 0 atom stereocenters.